The van der Waals surface area contributed by atoms with Crippen molar-refractivity contribution in [3.8, 4) is 0 Å². The number of rotatable bonds is 4. The van der Waals surface area contributed by atoms with E-state index in [1.54, 1.807) is 0 Å². The van der Waals surface area contributed by atoms with Crippen LogP contribution < -0.4 is 16.0 Å². The van der Waals surface area contributed by atoms with Gasteiger partial charge in [-0.25, -0.2) is 4.39 Å². The highest BCUT2D eigenvalue weighted by Crippen LogP contribution is 2.26. The zero-order valence-electron chi connectivity index (χ0n) is 12.7. The Morgan fingerprint density at radius 2 is 2.09 bits per heavy atom. The van der Waals surface area contributed by atoms with Crippen molar-refractivity contribution in [2.75, 3.05) is 17.2 Å². The lowest BCUT2D eigenvalue weighted by molar-refractivity contribution is -0.122. The van der Waals surface area contributed by atoms with Crippen LogP contribution in [0.1, 0.15) is 33.1 Å². The molecule has 122 valence electrons. The maximum Gasteiger partial charge on any atom is 0.244 e. The van der Waals surface area contributed by atoms with E-state index in [0.717, 1.165) is 19.4 Å². The average molecular weight is 330 g/mol. The van der Waals surface area contributed by atoms with E-state index in [-0.39, 0.29) is 29.9 Å². The highest BCUT2D eigenvalue weighted by molar-refractivity contribution is 5.99. The van der Waals surface area contributed by atoms with Gasteiger partial charge in [-0.05, 0) is 44.0 Å². The molecule has 1 heterocycles. The van der Waals surface area contributed by atoms with Gasteiger partial charge in [0.1, 0.15) is 5.82 Å². The van der Waals surface area contributed by atoms with Crippen molar-refractivity contribution in [3.05, 3.63) is 24.0 Å². The van der Waals surface area contributed by atoms with Gasteiger partial charge >= 0.3 is 0 Å². The predicted octanol–water partition coefficient (Wildman–Crippen LogP) is 2.68. The first-order valence-corrected chi connectivity index (χ1v) is 7.10. The summed E-state index contributed by atoms with van der Waals surface area (Å²) in [5.74, 6) is -1.02. The number of amides is 2. The van der Waals surface area contributed by atoms with E-state index < -0.39 is 11.4 Å². The molecule has 1 saturated heterocycles. The van der Waals surface area contributed by atoms with E-state index in [0.29, 0.717) is 12.1 Å². The normalized spacial score (nSPS) is 20.1. The molecular weight excluding hydrogens is 309 g/mol. The van der Waals surface area contributed by atoms with Crippen molar-refractivity contribution in [2.24, 2.45) is 0 Å². The van der Waals surface area contributed by atoms with Gasteiger partial charge in [0.05, 0.1) is 11.2 Å². The van der Waals surface area contributed by atoms with Crippen LogP contribution in [0.5, 0.6) is 0 Å². The highest BCUT2D eigenvalue weighted by Gasteiger charge is 2.39. The summed E-state index contributed by atoms with van der Waals surface area (Å²) in [5.41, 5.74) is -0.0281. The van der Waals surface area contributed by atoms with Gasteiger partial charge in [0.25, 0.3) is 0 Å². The summed E-state index contributed by atoms with van der Waals surface area (Å²) in [6.07, 6.45) is 2.44. The second kappa shape index (κ2) is 7.56. The molecule has 0 bridgehead atoms. The van der Waals surface area contributed by atoms with Crippen LogP contribution in [-0.4, -0.2) is 23.9 Å². The fourth-order valence-corrected chi connectivity index (χ4v) is 2.60. The molecule has 3 N–H and O–H groups in total. The monoisotopic (exact) mass is 329 g/mol. The van der Waals surface area contributed by atoms with Gasteiger partial charge in [0.15, 0.2) is 0 Å². The maximum absolute atomic E-state index is 13.6. The molecule has 1 atom stereocenters. The first kappa shape index (κ1) is 18.4. The van der Waals surface area contributed by atoms with Crippen molar-refractivity contribution in [3.63, 3.8) is 0 Å². The Bertz CT molecular complexity index is 560. The number of anilines is 2. The van der Waals surface area contributed by atoms with E-state index in [1.807, 2.05) is 6.92 Å². The quantitative estimate of drug-likeness (QED) is 0.795. The molecule has 1 aliphatic heterocycles. The van der Waals surface area contributed by atoms with Crippen molar-refractivity contribution in [2.45, 2.75) is 38.6 Å². The Labute approximate surface area is 135 Å². The smallest absolute Gasteiger partial charge is 0.244 e. The Morgan fingerprint density at radius 1 is 1.36 bits per heavy atom. The molecule has 0 aliphatic carbocycles. The van der Waals surface area contributed by atoms with Gasteiger partial charge in [-0.15, -0.1) is 12.4 Å². The summed E-state index contributed by atoms with van der Waals surface area (Å²) < 4.78 is 13.6. The third kappa shape index (κ3) is 3.96. The molecule has 1 fully saturated rings. The number of hydrogen-bond acceptors (Lipinski definition) is 3. The van der Waals surface area contributed by atoms with Gasteiger partial charge in [-0.3, -0.25) is 9.59 Å². The standard InChI is InChI=1S/C15H20FN3O2.ClH/c1-3-15(7-4-8-17-15)14(21)19-11-5-6-12(16)13(9-11)18-10(2)20;/h5-6,9,17H,3-4,7-8H2,1-2H3,(H,18,20)(H,19,21);1H. The molecule has 0 saturated carbocycles. The van der Waals surface area contributed by atoms with Crippen molar-refractivity contribution >= 4 is 35.6 Å². The van der Waals surface area contributed by atoms with Crippen LogP contribution in [0.4, 0.5) is 15.8 Å². The minimum Gasteiger partial charge on any atom is -0.324 e. The van der Waals surface area contributed by atoms with Crippen LogP contribution in [0.2, 0.25) is 0 Å². The zero-order chi connectivity index (χ0) is 15.5. The molecule has 22 heavy (non-hydrogen) atoms. The molecule has 0 radical (unpaired) electrons. The first-order valence-electron chi connectivity index (χ1n) is 7.10. The topological polar surface area (TPSA) is 70.2 Å². The summed E-state index contributed by atoms with van der Waals surface area (Å²) in [5, 5.41) is 8.44. The third-order valence-electron chi connectivity index (χ3n) is 3.82. The van der Waals surface area contributed by atoms with E-state index in [4.69, 9.17) is 0 Å². The van der Waals surface area contributed by atoms with Gasteiger partial charge < -0.3 is 16.0 Å². The summed E-state index contributed by atoms with van der Waals surface area (Å²) in [7, 11) is 0. The molecule has 1 aliphatic rings. The molecule has 1 aromatic carbocycles. The molecule has 5 nitrogen and oxygen atoms in total. The molecule has 2 rings (SSSR count). The number of carbonyl (C=O) groups excluding carboxylic acids is 2. The van der Waals surface area contributed by atoms with Crippen molar-refractivity contribution < 1.29 is 14.0 Å². The van der Waals surface area contributed by atoms with Crippen LogP contribution >= 0.6 is 12.4 Å². The van der Waals surface area contributed by atoms with E-state index in [2.05, 4.69) is 16.0 Å². The molecule has 0 aromatic heterocycles. The van der Waals surface area contributed by atoms with E-state index >= 15 is 0 Å². The highest BCUT2D eigenvalue weighted by atomic mass is 35.5. The maximum atomic E-state index is 13.6. The van der Waals surface area contributed by atoms with Crippen molar-refractivity contribution in [1.82, 2.24) is 5.32 Å². The summed E-state index contributed by atoms with van der Waals surface area (Å²) in [4.78, 5) is 23.5. The minimum atomic E-state index is -0.553. The largest absolute Gasteiger partial charge is 0.324 e. The van der Waals surface area contributed by atoms with E-state index in [1.165, 1.54) is 25.1 Å². The molecular formula is C15H21ClFN3O2. The summed E-state index contributed by atoms with van der Waals surface area (Å²) in [6, 6.07) is 4.13. The minimum absolute atomic E-state index is 0. The Kier molecular flexibility index (Phi) is 6.32. The zero-order valence-corrected chi connectivity index (χ0v) is 13.5. The van der Waals surface area contributed by atoms with Crippen LogP contribution in [0.3, 0.4) is 0 Å². The summed E-state index contributed by atoms with van der Waals surface area (Å²) in [6.45, 7) is 4.09. The van der Waals surface area contributed by atoms with Crippen molar-refractivity contribution in [1.29, 1.82) is 0 Å². The SMILES string of the molecule is CCC1(C(=O)Nc2ccc(F)c(NC(C)=O)c2)CCCN1.Cl. The lowest BCUT2D eigenvalue weighted by atomic mass is 9.93. The number of carbonyl (C=O) groups is 2. The van der Waals surface area contributed by atoms with E-state index in [9.17, 15) is 14.0 Å². The lowest BCUT2D eigenvalue weighted by Crippen LogP contribution is -2.50. The predicted molar refractivity (Wildman–Crippen MR) is 86.8 cm³/mol. The van der Waals surface area contributed by atoms with Crippen LogP contribution in [0.25, 0.3) is 0 Å². The fourth-order valence-electron chi connectivity index (χ4n) is 2.60. The van der Waals surface area contributed by atoms with Gasteiger partial charge in [0, 0.05) is 12.6 Å². The average Bonchev–Trinajstić information content (AvgIpc) is 2.92. The van der Waals surface area contributed by atoms with Gasteiger partial charge in [-0.2, -0.15) is 0 Å². The number of nitrogens with one attached hydrogen (secondary N) is 3. The fraction of sp³-hybridized carbons (Fsp3) is 0.467. The molecule has 1 aromatic rings. The lowest BCUT2D eigenvalue weighted by Gasteiger charge is -2.26. The summed E-state index contributed by atoms with van der Waals surface area (Å²) >= 11 is 0. The number of halogens is 2. The third-order valence-corrected chi connectivity index (χ3v) is 3.82. The Balaban J connectivity index is 0.00000242. The van der Waals surface area contributed by atoms with Crippen LogP contribution in [-0.2, 0) is 9.59 Å². The second-order valence-electron chi connectivity index (χ2n) is 5.30. The molecule has 0 spiro atoms. The van der Waals surface area contributed by atoms with Crippen LogP contribution in [0, 0.1) is 5.82 Å². The molecule has 7 heteroatoms. The first-order chi connectivity index (χ1) is 9.97. The molecule has 2 amide bonds. The Morgan fingerprint density at radius 3 is 2.64 bits per heavy atom. The Hall–Kier alpha value is -1.66. The number of hydrogen-bond donors (Lipinski definition) is 3. The van der Waals surface area contributed by atoms with Crippen LogP contribution in [0.15, 0.2) is 18.2 Å². The van der Waals surface area contributed by atoms with Gasteiger partial charge in [0.2, 0.25) is 11.8 Å². The van der Waals surface area contributed by atoms with Gasteiger partial charge in [-0.1, -0.05) is 6.92 Å². The number of benzene rings is 1. The second-order valence-corrected chi connectivity index (χ2v) is 5.30. The molecule has 1 unspecified atom stereocenters.